The first-order valence-corrected chi connectivity index (χ1v) is 14.8. The fourth-order valence-electron chi connectivity index (χ4n) is 6.39. The Labute approximate surface area is 275 Å². The van der Waals surface area contributed by atoms with Crippen molar-refractivity contribution in [1.29, 1.82) is 0 Å². The molecule has 0 aliphatic carbocycles. The molecule has 4 aromatic carbocycles. The van der Waals surface area contributed by atoms with Crippen LogP contribution in [-0.2, 0) is 26.5 Å². The van der Waals surface area contributed by atoms with Crippen LogP contribution in [0.3, 0.4) is 0 Å². The van der Waals surface area contributed by atoms with Crippen LogP contribution in [0.5, 0.6) is 11.5 Å². The summed E-state index contributed by atoms with van der Waals surface area (Å²) in [4.78, 5) is 6.90. The third kappa shape index (κ3) is 5.07. The minimum atomic E-state index is -0.000867. The molecule has 2 bridgehead atoms. The number of ether oxygens (including phenoxy) is 1. The van der Waals surface area contributed by atoms with Gasteiger partial charge in [-0.1, -0.05) is 50.7 Å². The Balaban J connectivity index is 0.00000343. The predicted octanol–water partition coefficient (Wildman–Crippen LogP) is 9.54. The van der Waals surface area contributed by atoms with E-state index in [1.165, 1.54) is 28.1 Å². The second-order valence-electron chi connectivity index (χ2n) is 13.0. The summed E-state index contributed by atoms with van der Waals surface area (Å²) in [6.45, 7) is 14.4. The number of quaternary nitrogens is 2. The smallest absolute Gasteiger partial charge is 0.179 e. The number of pyridine rings is 1. The topological polar surface area (TPSA) is 25.4 Å². The molecule has 0 spiro atoms. The van der Waals surface area contributed by atoms with Crippen molar-refractivity contribution in [2.24, 2.45) is 0 Å². The summed E-state index contributed by atoms with van der Waals surface area (Å²) < 4.78 is 7.97. The second-order valence-corrected chi connectivity index (χ2v) is 13.0. The molecule has 4 heterocycles. The molecular formula is C38H37N4OPt-. The van der Waals surface area contributed by atoms with Crippen LogP contribution in [0.2, 0.25) is 0 Å². The van der Waals surface area contributed by atoms with Gasteiger partial charge in [-0.05, 0) is 60.2 Å². The van der Waals surface area contributed by atoms with Gasteiger partial charge in [-0.3, -0.25) is 0 Å². The fourth-order valence-corrected chi connectivity index (χ4v) is 6.39. The largest absolute Gasteiger partial charge is 0.509 e. The van der Waals surface area contributed by atoms with Gasteiger partial charge in [-0.2, -0.15) is 12.1 Å². The van der Waals surface area contributed by atoms with Gasteiger partial charge in [0.2, 0.25) is 0 Å². The number of rotatable bonds is 6. The van der Waals surface area contributed by atoms with Gasteiger partial charge in [0.25, 0.3) is 0 Å². The maximum atomic E-state index is 6.45. The minimum Gasteiger partial charge on any atom is -0.509 e. The van der Waals surface area contributed by atoms with Crippen LogP contribution in [-0.4, -0.2) is 18.7 Å². The van der Waals surface area contributed by atoms with Gasteiger partial charge in [0, 0.05) is 62.3 Å². The molecule has 5 nitrogen and oxygen atoms in total. The van der Waals surface area contributed by atoms with E-state index in [1.807, 2.05) is 48.7 Å². The summed E-state index contributed by atoms with van der Waals surface area (Å²) >= 11 is 0. The van der Waals surface area contributed by atoms with Crippen LogP contribution in [0.25, 0.3) is 0 Å². The quantitative estimate of drug-likeness (QED) is 0.127. The molecule has 44 heavy (non-hydrogen) atoms. The number of aryl methyl sites for hydroxylation is 2. The summed E-state index contributed by atoms with van der Waals surface area (Å²) in [5.41, 5.74) is 9.50. The molecule has 0 N–H and O–H groups in total. The van der Waals surface area contributed by atoms with Gasteiger partial charge in [0.1, 0.15) is 5.82 Å². The van der Waals surface area contributed by atoms with Crippen LogP contribution in [0.4, 0.5) is 34.3 Å². The number of aromatic nitrogens is 1. The number of benzene rings is 4. The molecule has 2 atom stereocenters. The number of hydrogen-bond donors (Lipinski definition) is 0. The van der Waals surface area contributed by atoms with E-state index in [0.717, 1.165) is 34.0 Å². The van der Waals surface area contributed by atoms with Crippen molar-refractivity contribution in [1.82, 2.24) is 14.0 Å². The van der Waals surface area contributed by atoms with Crippen molar-refractivity contribution in [3.63, 3.8) is 0 Å². The zero-order valence-electron chi connectivity index (χ0n) is 26.0. The summed E-state index contributed by atoms with van der Waals surface area (Å²) in [7, 11) is 2.28. The van der Waals surface area contributed by atoms with Crippen molar-refractivity contribution < 1.29 is 25.8 Å². The predicted molar refractivity (Wildman–Crippen MR) is 176 cm³/mol. The van der Waals surface area contributed by atoms with E-state index in [0.29, 0.717) is 16.0 Å². The molecule has 1 saturated heterocycles. The van der Waals surface area contributed by atoms with Crippen LogP contribution < -0.4 is 18.6 Å². The fraction of sp³-hybridized carbons (Fsp3) is 0.211. The molecule has 0 amide bonds. The monoisotopic (exact) mass is 760 g/mol. The summed E-state index contributed by atoms with van der Waals surface area (Å²) in [5.74, 6) is 2.13. The molecule has 1 fully saturated rings. The van der Waals surface area contributed by atoms with Crippen molar-refractivity contribution in [3.8, 4) is 11.5 Å². The van der Waals surface area contributed by atoms with E-state index < -0.39 is 0 Å². The normalized spacial score (nSPS) is 19.9. The van der Waals surface area contributed by atoms with Crippen molar-refractivity contribution >= 4 is 34.3 Å². The van der Waals surface area contributed by atoms with E-state index in [-0.39, 0.29) is 26.5 Å². The summed E-state index contributed by atoms with van der Waals surface area (Å²) in [6, 6.07) is 38.5. The van der Waals surface area contributed by atoms with E-state index >= 15 is 0 Å². The van der Waals surface area contributed by atoms with Crippen molar-refractivity contribution in [3.05, 3.63) is 133 Å². The van der Waals surface area contributed by atoms with Crippen LogP contribution >= 0.6 is 0 Å². The maximum absolute atomic E-state index is 6.45. The number of hydrogen-bond acceptors (Lipinski definition) is 3. The standard InChI is InChI=1S/C38H37N4O.Pt/c1-27-20-35-36(21-28(27)2)42(25-41(35,6)26-42)32-15-11-17-34(24-32)43-33-16-10-14-31(23-33)40(30-12-8-7-9-13-30)37-22-29(18-19-39-37)38(3,4)5;/h7-22,25H,26H2,1-6H3;/q-1;/t41-,42+;/m0./s1. The maximum Gasteiger partial charge on any atom is 0.179 e. The van der Waals surface area contributed by atoms with Gasteiger partial charge < -0.3 is 18.6 Å². The molecule has 0 unspecified atom stereocenters. The second kappa shape index (κ2) is 11.0. The first-order chi connectivity index (χ1) is 20.6. The van der Waals surface area contributed by atoms with E-state index in [1.54, 1.807) is 0 Å². The van der Waals surface area contributed by atoms with E-state index in [4.69, 9.17) is 9.72 Å². The van der Waals surface area contributed by atoms with Crippen molar-refractivity contribution in [2.45, 2.75) is 40.0 Å². The van der Waals surface area contributed by atoms with Crippen molar-refractivity contribution in [2.75, 3.05) is 18.6 Å². The molecule has 1 aromatic heterocycles. The molecule has 226 valence electrons. The molecular weight excluding hydrogens is 724 g/mol. The van der Waals surface area contributed by atoms with Gasteiger partial charge in [-0.25, -0.2) is 4.98 Å². The summed E-state index contributed by atoms with van der Waals surface area (Å²) in [5, 5.41) is 0. The van der Waals surface area contributed by atoms with Gasteiger partial charge in [-0.15, -0.1) is 30.3 Å². The first-order valence-electron chi connectivity index (χ1n) is 14.8. The zero-order valence-corrected chi connectivity index (χ0v) is 28.3. The molecule has 3 aliphatic rings. The Hall–Kier alpha value is -3.76. The average molecular weight is 761 g/mol. The van der Waals surface area contributed by atoms with Gasteiger partial charge in [0.05, 0.1) is 13.7 Å². The molecule has 8 rings (SSSR count). The average Bonchev–Trinajstić information content (AvgIpc) is 3.35. The van der Waals surface area contributed by atoms with E-state index in [9.17, 15) is 0 Å². The number of para-hydroxylation sites is 1. The molecule has 0 saturated carbocycles. The van der Waals surface area contributed by atoms with Crippen LogP contribution in [0.1, 0.15) is 37.5 Å². The number of anilines is 3. The molecule has 3 aliphatic heterocycles. The van der Waals surface area contributed by atoms with Gasteiger partial charge >= 0.3 is 0 Å². The zero-order chi connectivity index (χ0) is 30.0. The first kappa shape index (κ1) is 30.3. The minimum absolute atomic E-state index is 0. The molecule has 6 heteroatoms. The Morgan fingerprint density at radius 1 is 0.818 bits per heavy atom. The number of nitrogens with zero attached hydrogens (tertiary/aromatic N) is 4. The molecule has 0 radical (unpaired) electrons. The Morgan fingerprint density at radius 3 is 2.18 bits per heavy atom. The summed E-state index contributed by atoms with van der Waals surface area (Å²) in [6.07, 6.45) is 1.88. The van der Waals surface area contributed by atoms with E-state index in [2.05, 4.69) is 114 Å². The van der Waals surface area contributed by atoms with Crippen LogP contribution in [0.15, 0.2) is 97.2 Å². The Bertz CT molecular complexity index is 1840. The third-order valence-electron chi connectivity index (χ3n) is 8.79. The Morgan fingerprint density at radius 2 is 1.48 bits per heavy atom. The third-order valence-corrected chi connectivity index (χ3v) is 8.79. The van der Waals surface area contributed by atoms with Crippen LogP contribution in [0, 0.1) is 32.6 Å². The Kier molecular flexibility index (Phi) is 7.56. The molecule has 5 aromatic rings. The van der Waals surface area contributed by atoms with Gasteiger partial charge in [0.15, 0.2) is 18.0 Å². The SMILES string of the molecule is Cc1cc2c(cc1C)[N@@+]1(C)[CH-][N@+]2(c2[c-]c(Oc3[c-]c(N(c4ccccc4)c4cc(C(C)(C)C)ccn4)ccc3)ccc2)C1.[Pt].